The van der Waals surface area contributed by atoms with Gasteiger partial charge in [0, 0.05) is 102 Å². The van der Waals surface area contributed by atoms with E-state index in [4.69, 9.17) is 9.47 Å². The number of nitrogens with zero attached hydrogens (tertiary/aromatic N) is 6. The number of morpholine rings is 1. The Balaban J connectivity index is 0.000000142. The van der Waals surface area contributed by atoms with Gasteiger partial charge in [0.2, 0.25) is 0 Å². The van der Waals surface area contributed by atoms with Crippen LogP contribution in [-0.4, -0.2) is 114 Å². The molecule has 5 aliphatic rings. The molecule has 5 aliphatic heterocycles. The number of piperazine rings is 1. The van der Waals surface area contributed by atoms with Gasteiger partial charge in [0.1, 0.15) is 46.1 Å². The Morgan fingerprint density at radius 1 is 0.529 bits per heavy atom. The number of rotatable bonds is 8. The minimum Gasteiger partial charge on any atom is -0.497 e. The molecule has 12 rings (SSSR count). The van der Waals surface area contributed by atoms with Crippen molar-refractivity contribution in [2.45, 2.75) is 12.4 Å². The number of halogens is 7. The summed E-state index contributed by atoms with van der Waals surface area (Å²) in [6.45, 7) is 17.3. The summed E-state index contributed by atoms with van der Waals surface area (Å²) in [7, 11) is 3.60. The van der Waals surface area contributed by atoms with Gasteiger partial charge in [-0.1, -0.05) is 25.8 Å². The molecule has 0 aliphatic carbocycles. The van der Waals surface area contributed by atoms with Crippen molar-refractivity contribution in [2.24, 2.45) is 0 Å². The number of likely N-dealkylation sites (N-methyl/N-ethyl adjacent to an activating group) is 1. The molecular formula is C63H57F7N10O5. The number of carbonyl (C=O) groups excluding carboxylic acids is 3. The zero-order chi connectivity index (χ0) is 60.3. The number of alkyl halides is 6. The number of allylic oxidation sites excluding steroid dienone is 3. The number of aromatic amines is 3. The minimum absolute atomic E-state index is 0.00516. The number of methoxy groups -OCH3 is 1. The van der Waals surface area contributed by atoms with Crippen LogP contribution in [0.1, 0.15) is 59.3 Å². The molecule has 2 fully saturated rings. The van der Waals surface area contributed by atoms with Crippen LogP contribution in [0.5, 0.6) is 5.75 Å². The average molecular weight is 1170 g/mol. The van der Waals surface area contributed by atoms with Crippen molar-refractivity contribution < 1.29 is 54.6 Å². The summed E-state index contributed by atoms with van der Waals surface area (Å²) in [5, 5.41) is 2.79. The number of nitrogens with one attached hydrogen (secondary N) is 4. The van der Waals surface area contributed by atoms with E-state index in [0.717, 1.165) is 78.8 Å². The first-order valence-electron chi connectivity index (χ1n) is 26.7. The van der Waals surface area contributed by atoms with E-state index in [0.29, 0.717) is 94.8 Å². The highest BCUT2D eigenvalue weighted by atomic mass is 19.4. The van der Waals surface area contributed by atoms with Gasteiger partial charge in [0.15, 0.2) is 0 Å². The van der Waals surface area contributed by atoms with Crippen LogP contribution in [0.15, 0.2) is 170 Å². The van der Waals surface area contributed by atoms with Crippen molar-refractivity contribution in [3.8, 4) is 5.75 Å². The largest absolute Gasteiger partial charge is 0.497 e. The van der Waals surface area contributed by atoms with Crippen molar-refractivity contribution in [1.29, 1.82) is 0 Å². The lowest BCUT2D eigenvalue weighted by Gasteiger charge is -2.32. The van der Waals surface area contributed by atoms with Crippen LogP contribution >= 0.6 is 0 Å². The predicted octanol–water partition coefficient (Wildman–Crippen LogP) is 13.4. The van der Waals surface area contributed by atoms with Crippen LogP contribution in [0.2, 0.25) is 0 Å². The second-order valence-corrected chi connectivity index (χ2v) is 20.2. The maximum absolute atomic E-state index is 13.3. The Bertz CT molecular complexity index is 3770. The molecule has 0 unspecified atom stereocenters. The van der Waals surface area contributed by atoms with Crippen LogP contribution < -0.4 is 24.8 Å². The topological polar surface area (TPSA) is 149 Å². The second-order valence-electron chi connectivity index (χ2n) is 20.2. The van der Waals surface area contributed by atoms with Gasteiger partial charge in [0.25, 0.3) is 17.7 Å². The van der Waals surface area contributed by atoms with Crippen LogP contribution in [0, 0.1) is 5.82 Å². The molecule has 4 aromatic carbocycles. The molecule has 22 heteroatoms. The molecule has 3 aromatic heterocycles. The van der Waals surface area contributed by atoms with Gasteiger partial charge >= 0.3 is 12.4 Å². The van der Waals surface area contributed by atoms with Gasteiger partial charge in [-0.3, -0.25) is 29.1 Å². The number of hydrogen-bond donors (Lipinski definition) is 4. The fraction of sp³-hybridized carbons (Fsp3) is 0.190. The maximum Gasteiger partial charge on any atom is 0.416 e. The van der Waals surface area contributed by atoms with Crippen molar-refractivity contribution >= 4 is 76.2 Å². The highest BCUT2D eigenvalue weighted by Gasteiger charge is 2.33. The van der Waals surface area contributed by atoms with E-state index < -0.39 is 23.5 Å². The number of hydrogen-bond acceptors (Lipinski definition) is 9. The van der Waals surface area contributed by atoms with E-state index in [2.05, 4.69) is 52.0 Å². The number of fused-ring (bicyclic) bond motifs is 3. The summed E-state index contributed by atoms with van der Waals surface area (Å²) in [6, 6.07) is 28.1. The van der Waals surface area contributed by atoms with Gasteiger partial charge in [-0.25, -0.2) is 4.39 Å². The first-order chi connectivity index (χ1) is 40.6. The lowest BCUT2D eigenvalue weighted by atomic mass is 10.1. The number of anilines is 7. The second kappa shape index (κ2) is 24.2. The fourth-order valence-electron chi connectivity index (χ4n) is 9.97. The Morgan fingerprint density at radius 2 is 0.929 bits per heavy atom. The highest BCUT2D eigenvalue weighted by Crippen LogP contribution is 2.42. The summed E-state index contributed by atoms with van der Waals surface area (Å²) in [6.07, 6.45) is 2.13. The number of ether oxygens (including phenoxy) is 2. The minimum atomic E-state index is -4.42. The number of aromatic nitrogens is 3. The van der Waals surface area contributed by atoms with Crippen LogP contribution in [0.4, 0.5) is 70.9 Å². The van der Waals surface area contributed by atoms with E-state index in [-0.39, 0.29) is 23.5 Å². The van der Waals surface area contributed by atoms with E-state index in [9.17, 15) is 45.1 Å². The third kappa shape index (κ3) is 12.9. The van der Waals surface area contributed by atoms with Gasteiger partial charge in [0.05, 0.1) is 31.5 Å². The van der Waals surface area contributed by atoms with Crippen molar-refractivity contribution in [2.75, 3.05) is 86.7 Å². The molecule has 0 saturated carbocycles. The molecule has 0 atom stereocenters. The van der Waals surface area contributed by atoms with Gasteiger partial charge in [-0.05, 0) is 147 Å². The molecule has 438 valence electrons. The zero-order valence-electron chi connectivity index (χ0n) is 46.1. The Morgan fingerprint density at radius 3 is 1.35 bits per heavy atom. The molecule has 85 heavy (non-hydrogen) atoms. The monoisotopic (exact) mass is 1170 g/mol. The Labute approximate surface area is 484 Å². The highest BCUT2D eigenvalue weighted by molar-refractivity contribution is 6.05. The summed E-state index contributed by atoms with van der Waals surface area (Å²) >= 11 is 0. The third-order valence-electron chi connectivity index (χ3n) is 14.5. The predicted molar refractivity (Wildman–Crippen MR) is 314 cm³/mol. The van der Waals surface area contributed by atoms with E-state index in [1.54, 1.807) is 81.5 Å². The first-order valence-corrected chi connectivity index (χ1v) is 26.7. The average Bonchev–Trinajstić information content (AvgIpc) is 2.18. The van der Waals surface area contributed by atoms with E-state index in [1.165, 1.54) is 43.5 Å². The Hall–Kier alpha value is -9.80. The summed E-state index contributed by atoms with van der Waals surface area (Å²) in [5.41, 5.74) is 6.48. The number of benzene rings is 4. The normalized spacial score (nSPS) is 15.8. The maximum atomic E-state index is 13.3. The van der Waals surface area contributed by atoms with Gasteiger partial charge < -0.3 is 44.4 Å². The molecule has 0 spiro atoms. The molecule has 8 heterocycles. The smallest absolute Gasteiger partial charge is 0.416 e. The molecular weight excluding hydrogens is 1110 g/mol. The van der Waals surface area contributed by atoms with E-state index in [1.807, 2.05) is 34.1 Å². The van der Waals surface area contributed by atoms with Crippen molar-refractivity contribution in [3.63, 3.8) is 0 Å². The van der Waals surface area contributed by atoms with Crippen LogP contribution in [-0.2, 0) is 17.1 Å². The molecule has 0 radical (unpaired) electrons. The van der Waals surface area contributed by atoms with Gasteiger partial charge in [-0.2, -0.15) is 26.3 Å². The lowest BCUT2D eigenvalue weighted by molar-refractivity contribution is -0.138. The number of amides is 3. The van der Waals surface area contributed by atoms with Gasteiger partial charge in [-0.15, -0.1) is 0 Å². The Kier molecular flexibility index (Phi) is 16.6. The van der Waals surface area contributed by atoms with Crippen LogP contribution in [0.3, 0.4) is 0 Å². The fourth-order valence-corrected chi connectivity index (χ4v) is 9.97. The lowest BCUT2D eigenvalue weighted by Crippen LogP contribution is -2.47. The zero-order valence-corrected chi connectivity index (χ0v) is 46.1. The van der Waals surface area contributed by atoms with Crippen molar-refractivity contribution in [1.82, 2.24) is 29.7 Å². The van der Waals surface area contributed by atoms with Crippen LogP contribution in [0.25, 0.3) is 18.2 Å². The SMILES string of the molecule is C=C1C=Cc2cc(C(=O)N3CCN(C)CC3)[nH]c2N1c1ccc(F)cc1.C=C1C=Cc2cc(C(=O)N3CCOCC3)[nH]c2N1c1ccc(C(F)(F)F)cc1.C=C1C=Cc2cc(C(=O)Nc3cccc(OC)c3)[nH]c2N1c1ccc(C(F)(F)F)cc1. The quantitative estimate of drug-likeness (QED) is 0.109. The standard InChI is InChI=1S/C23H18F3N3O2.C20H18F3N3O2.C20H21FN4O/c1-14-6-7-15-12-20(22(30)27-17-4-3-5-19(13-17)31-2)28-21(15)29(14)18-10-8-16(9-11-18)23(24,25)26;1-13-2-3-14-12-17(19(27)25-8-10-28-11-9-25)24-18(14)26(13)16-6-4-15(5-7-16)20(21,22)23;1-14-3-4-15-13-18(20(26)24-11-9-23(2)10-12-24)22-19(15)25(14)17-7-5-16(21)6-8-17/h3-13,28H,1H2,2H3,(H,27,30);2-7,12,24H,1,8-11H2;3-8,13,22H,1,9-12H2,2H3. The third-order valence-corrected chi connectivity index (χ3v) is 14.5. The molecule has 7 aromatic rings. The number of carbonyl (C=O) groups is 3. The van der Waals surface area contributed by atoms with E-state index >= 15 is 0 Å². The first kappa shape index (κ1) is 58.4. The molecule has 3 amide bonds. The molecule has 15 nitrogen and oxygen atoms in total. The molecule has 0 bridgehead atoms. The molecule has 4 N–H and O–H groups in total. The van der Waals surface area contributed by atoms with Crippen molar-refractivity contribution in [3.05, 3.63) is 221 Å². The number of H-pyrrole nitrogens is 3. The summed E-state index contributed by atoms with van der Waals surface area (Å²) in [4.78, 5) is 58.8. The summed E-state index contributed by atoms with van der Waals surface area (Å²) < 4.78 is 101. The molecule has 2 saturated heterocycles. The summed E-state index contributed by atoms with van der Waals surface area (Å²) in [5.74, 6) is 1.75.